The molecule has 0 aromatic heterocycles. The van der Waals surface area contributed by atoms with Crippen LogP contribution in [0.25, 0.3) is 0 Å². The van der Waals surface area contributed by atoms with E-state index in [0.29, 0.717) is 0 Å². The fraction of sp³-hybridized carbons (Fsp3) is 0. The molecule has 0 aromatic carbocycles. The second-order valence-corrected chi connectivity index (χ2v) is 6.08. The van der Waals surface area contributed by atoms with E-state index < -0.39 is 33.5 Å². The van der Waals surface area contributed by atoms with Gasteiger partial charge in [-0.3, -0.25) is 0 Å². The molecule has 0 spiro atoms. The summed E-state index contributed by atoms with van der Waals surface area (Å²) in [6.07, 6.45) is 0. The van der Waals surface area contributed by atoms with E-state index >= 15 is 0 Å². The SMILES string of the molecule is [NH4+].[NH4+].[O]=[Mo](=[O])([O-])[O-].[O]=[W](=[O])([OH])[OH]. The third-order valence-electron chi connectivity index (χ3n) is 0. The normalized spacial score (nSPS) is 9.67. The van der Waals surface area contributed by atoms with Crippen molar-refractivity contribution in [2.75, 3.05) is 0 Å². The van der Waals surface area contributed by atoms with E-state index in [0.717, 1.165) is 0 Å². The average Bonchev–Trinajstić information content (AvgIpc) is 1.12. The molecule has 0 heterocycles. The van der Waals surface area contributed by atoms with Crippen molar-refractivity contribution in [2.24, 2.45) is 0 Å². The monoisotopic (exact) mass is 448 g/mol. The van der Waals surface area contributed by atoms with Crippen LogP contribution in [-0.4, -0.2) is 7.52 Å². The number of hydrogen-bond donors (Lipinski definition) is 4. The van der Waals surface area contributed by atoms with Gasteiger partial charge in [0.1, 0.15) is 0 Å². The molecule has 0 bridgehead atoms. The summed E-state index contributed by atoms with van der Waals surface area (Å²) < 4.78 is 66.6. The molecule has 0 fully saturated rings. The van der Waals surface area contributed by atoms with Crippen LogP contribution in [0.3, 0.4) is 0 Å². The van der Waals surface area contributed by atoms with Gasteiger partial charge in [0.2, 0.25) is 0 Å². The maximum absolute atomic E-state index is 8.87. The summed E-state index contributed by atoms with van der Waals surface area (Å²) in [6.45, 7) is 0. The van der Waals surface area contributed by atoms with Gasteiger partial charge in [-0.25, -0.2) is 0 Å². The van der Waals surface area contributed by atoms with Gasteiger partial charge in [0, 0.05) is 0 Å². The van der Waals surface area contributed by atoms with Gasteiger partial charge >= 0.3 is 62.1 Å². The van der Waals surface area contributed by atoms with E-state index in [2.05, 4.69) is 0 Å². The summed E-state index contributed by atoms with van der Waals surface area (Å²) in [5.74, 6) is 0. The van der Waals surface area contributed by atoms with Crippen LogP contribution in [0.15, 0.2) is 0 Å². The molecule has 10 nitrogen and oxygen atoms in total. The van der Waals surface area contributed by atoms with E-state index in [-0.39, 0.29) is 12.3 Å². The van der Waals surface area contributed by atoms with Gasteiger partial charge in [-0.1, -0.05) is 0 Å². The molecule has 80 valence electrons. The van der Waals surface area contributed by atoms with Gasteiger partial charge < -0.3 is 12.3 Å². The van der Waals surface area contributed by atoms with Crippen LogP contribution in [0, 0.1) is 0 Å². The van der Waals surface area contributed by atoms with Crippen molar-refractivity contribution < 1.29 is 62.1 Å². The Morgan fingerprint density at radius 2 is 1.00 bits per heavy atom. The van der Waals surface area contributed by atoms with Crippen molar-refractivity contribution in [3.8, 4) is 0 Å². The molecule has 12 heteroatoms. The molecule has 0 saturated heterocycles. The third-order valence-corrected chi connectivity index (χ3v) is 0. The average molecular weight is 446 g/mol. The quantitative estimate of drug-likeness (QED) is 0.276. The van der Waals surface area contributed by atoms with Crippen LogP contribution in [0.5, 0.6) is 0 Å². The molecule has 0 aliphatic heterocycles. The molecule has 0 unspecified atom stereocenters. The van der Waals surface area contributed by atoms with Gasteiger partial charge in [-0.05, 0) is 0 Å². The number of quaternary nitrogens is 2. The number of rotatable bonds is 0. The van der Waals surface area contributed by atoms with Crippen LogP contribution in [0.4, 0.5) is 0 Å². The minimum atomic E-state index is -6.02. The van der Waals surface area contributed by atoms with Crippen molar-refractivity contribution in [1.29, 1.82) is 0 Å². The van der Waals surface area contributed by atoms with E-state index in [4.69, 9.17) is 28.6 Å². The molecule has 10 N–H and O–H groups in total. The summed E-state index contributed by atoms with van der Waals surface area (Å²) in [7, 11) is 0. The van der Waals surface area contributed by atoms with Crippen molar-refractivity contribution in [2.45, 2.75) is 0 Å². The second-order valence-electron chi connectivity index (χ2n) is 0.856. The van der Waals surface area contributed by atoms with Crippen molar-refractivity contribution in [3.63, 3.8) is 0 Å². The van der Waals surface area contributed by atoms with Gasteiger partial charge in [0.15, 0.2) is 0 Å². The van der Waals surface area contributed by atoms with Crippen LogP contribution >= 0.6 is 0 Å². The fourth-order valence-electron chi connectivity index (χ4n) is 0. The van der Waals surface area contributed by atoms with Crippen LogP contribution in [-0.2, 0) is 47.1 Å². The van der Waals surface area contributed by atoms with E-state index in [1.165, 1.54) is 0 Å². The summed E-state index contributed by atoms with van der Waals surface area (Å²) in [5, 5.41) is 0. The zero-order valence-electron chi connectivity index (χ0n) is 6.16. The fourth-order valence-corrected chi connectivity index (χ4v) is 0. The molecule has 0 amide bonds. The molecule has 0 saturated carbocycles. The molecular formula is H10MoN2O8W. The second kappa shape index (κ2) is 7.96. The molecule has 0 rings (SSSR count). The summed E-state index contributed by atoms with van der Waals surface area (Å²) in [6, 6.07) is 0. The van der Waals surface area contributed by atoms with Crippen LogP contribution < -0.4 is 19.8 Å². The molecular weight excluding hydrogens is 436 g/mol. The first-order chi connectivity index (χ1) is 4.00. The Balaban J connectivity index is -0.0000000457. The zero-order valence-corrected chi connectivity index (χ0v) is 11.1. The molecule has 0 aliphatic carbocycles. The van der Waals surface area contributed by atoms with Gasteiger partial charge in [0.25, 0.3) is 0 Å². The Labute approximate surface area is 74.4 Å². The van der Waals surface area contributed by atoms with E-state index in [9.17, 15) is 0 Å². The first kappa shape index (κ1) is 22.8. The van der Waals surface area contributed by atoms with Crippen molar-refractivity contribution in [3.05, 3.63) is 0 Å². The molecule has 12 heavy (non-hydrogen) atoms. The summed E-state index contributed by atoms with van der Waals surface area (Å²) in [5.41, 5.74) is 0. The minimum absolute atomic E-state index is 0. The predicted octanol–water partition coefficient (Wildman–Crippen LogP) is -3.22. The summed E-state index contributed by atoms with van der Waals surface area (Å²) in [4.78, 5) is 0. The Kier molecular flexibility index (Phi) is 15.1. The molecule has 0 aliphatic rings. The van der Waals surface area contributed by atoms with Crippen molar-refractivity contribution in [1.82, 2.24) is 12.3 Å². The van der Waals surface area contributed by atoms with Gasteiger partial charge in [-0.15, -0.1) is 0 Å². The molecule has 0 atom stereocenters. The van der Waals surface area contributed by atoms with Gasteiger partial charge in [-0.2, -0.15) is 0 Å². The predicted molar refractivity (Wildman–Crippen MR) is 19.2 cm³/mol. The Hall–Kier alpha value is 0.337. The standard InChI is InChI=1S/Mo.2H3N.2H2O.6O.W/h;2*1H3;2*1H2;;;;;;;/q;;;;;;;;;2*-1;+2. The number of hydrogen-bond acceptors (Lipinski definition) is 6. The Bertz CT molecular complexity index is 213. The zero-order chi connectivity index (χ0) is 9.00. The Morgan fingerprint density at radius 3 is 1.00 bits per heavy atom. The van der Waals surface area contributed by atoms with E-state index in [1.807, 2.05) is 0 Å². The van der Waals surface area contributed by atoms with Crippen LogP contribution in [0.1, 0.15) is 0 Å². The maximum atomic E-state index is 8.87. The van der Waals surface area contributed by atoms with Gasteiger partial charge in [0.05, 0.1) is 0 Å². The molecule has 0 radical (unpaired) electrons. The third kappa shape index (κ3) is 7950. The van der Waals surface area contributed by atoms with Crippen LogP contribution in [0.2, 0.25) is 0 Å². The van der Waals surface area contributed by atoms with Crippen molar-refractivity contribution >= 4 is 0 Å². The first-order valence-electron chi connectivity index (χ1n) is 1.37. The first-order valence-corrected chi connectivity index (χ1v) is 9.66. The topological polar surface area (TPSA) is 228 Å². The molecule has 0 aromatic rings. The van der Waals surface area contributed by atoms with E-state index in [1.54, 1.807) is 0 Å². The Morgan fingerprint density at radius 1 is 1.00 bits per heavy atom. The summed E-state index contributed by atoms with van der Waals surface area (Å²) >= 11 is -11.7.